The highest BCUT2D eigenvalue weighted by atomic mass is 32.2. The van der Waals surface area contributed by atoms with Crippen molar-refractivity contribution in [1.29, 1.82) is 0 Å². The molecule has 0 aliphatic carbocycles. The summed E-state index contributed by atoms with van der Waals surface area (Å²) in [6.07, 6.45) is 1.03. The van der Waals surface area contributed by atoms with Crippen molar-refractivity contribution < 1.29 is 8.78 Å². The summed E-state index contributed by atoms with van der Waals surface area (Å²) < 4.78 is 26.2. The first-order valence-electron chi connectivity index (χ1n) is 5.62. The summed E-state index contributed by atoms with van der Waals surface area (Å²) in [5, 5.41) is 0.831. The summed E-state index contributed by atoms with van der Waals surface area (Å²) in [5.41, 5.74) is 0.205. The molecular weight excluding hydrogens is 242 g/mol. The zero-order chi connectivity index (χ0) is 12.3. The highest BCUT2D eigenvalue weighted by Crippen LogP contribution is 2.25. The molecule has 92 valence electrons. The molecule has 0 amide bonds. The Morgan fingerprint density at radius 1 is 1.41 bits per heavy atom. The van der Waals surface area contributed by atoms with Crippen molar-refractivity contribution in [1.82, 2.24) is 4.90 Å². The van der Waals surface area contributed by atoms with Gasteiger partial charge in [-0.2, -0.15) is 0 Å². The molecule has 17 heavy (non-hydrogen) atoms. The highest BCUT2D eigenvalue weighted by Gasteiger charge is 2.18. The van der Waals surface area contributed by atoms with Crippen LogP contribution in [0.25, 0.3) is 0 Å². The van der Waals surface area contributed by atoms with Gasteiger partial charge in [-0.1, -0.05) is 18.7 Å². The lowest BCUT2D eigenvalue weighted by atomic mass is 10.3. The van der Waals surface area contributed by atoms with Crippen LogP contribution in [0.5, 0.6) is 0 Å². The highest BCUT2D eigenvalue weighted by molar-refractivity contribution is 8.14. The van der Waals surface area contributed by atoms with E-state index < -0.39 is 11.6 Å². The Morgan fingerprint density at radius 2 is 2.24 bits per heavy atom. The van der Waals surface area contributed by atoms with Crippen LogP contribution in [0, 0.1) is 11.6 Å². The molecule has 1 aromatic carbocycles. The maximum absolute atomic E-state index is 13.4. The van der Waals surface area contributed by atoms with Crippen molar-refractivity contribution in [2.75, 3.05) is 18.8 Å². The molecule has 2 rings (SSSR count). The fourth-order valence-electron chi connectivity index (χ4n) is 1.69. The number of halogens is 2. The van der Waals surface area contributed by atoms with Crippen molar-refractivity contribution >= 4 is 22.6 Å². The number of hydrogen-bond acceptors (Lipinski definition) is 2. The molecule has 2 nitrogen and oxygen atoms in total. The monoisotopic (exact) mass is 256 g/mol. The van der Waals surface area contributed by atoms with Crippen molar-refractivity contribution in [3.63, 3.8) is 0 Å². The number of hydrogen-bond donors (Lipinski definition) is 0. The molecule has 0 radical (unpaired) electrons. The van der Waals surface area contributed by atoms with Gasteiger partial charge in [-0.05, 0) is 18.6 Å². The van der Waals surface area contributed by atoms with Gasteiger partial charge in [-0.25, -0.2) is 13.8 Å². The largest absolute Gasteiger partial charge is 0.350 e. The van der Waals surface area contributed by atoms with Crippen LogP contribution in [-0.4, -0.2) is 28.9 Å². The average molecular weight is 256 g/mol. The minimum atomic E-state index is -0.610. The maximum Gasteiger partial charge on any atom is 0.164 e. The average Bonchev–Trinajstić information content (AvgIpc) is 2.71. The van der Waals surface area contributed by atoms with Crippen LogP contribution < -0.4 is 0 Å². The van der Waals surface area contributed by atoms with Crippen LogP contribution in [-0.2, 0) is 0 Å². The maximum atomic E-state index is 13.4. The SMILES string of the molecule is CCCN1CCSC1=Nc1ccc(F)cc1F. The fourth-order valence-corrected chi connectivity index (χ4v) is 2.71. The summed E-state index contributed by atoms with van der Waals surface area (Å²) in [7, 11) is 0. The summed E-state index contributed by atoms with van der Waals surface area (Å²) >= 11 is 1.61. The molecule has 0 saturated carbocycles. The lowest BCUT2D eigenvalue weighted by molar-refractivity contribution is 0.460. The van der Waals surface area contributed by atoms with E-state index in [1.165, 1.54) is 12.1 Å². The molecule has 5 heteroatoms. The first-order chi connectivity index (χ1) is 8.20. The molecule has 0 unspecified atom stereocenters. The zero-order valence-electron chi connectivity index (χ0n) is 9.62. The molecule has 0 N–H and O–H groups in total. The van der Waals surface area contributed by atoms with Gasteiger partial charge in [0.1, 0.15) is 11.5 Å². The standard InChI is InChI=1S/C12H14F2N2S/c1-2-5-16-6-7-17-12(16)15-11-4-3-9(13)8-10(11)14/h3-4,8H,2,5-7H2,1H3. The van der Waals surface area contributed by atoms with Crippen LogP contribution in [0.2, 0.25) is 0 Å². The Morgan fingerprint density at radius 3 is 2.94 bits per heavy atom. The van der Waals surface area contributed by atoms with Gasteiger partial charge in [0.25, 0.3) is 0 Å². The smallest absolute Gasteiger partial charge is 0.164 e. The van der Waals surface area contributed by atoms with E-state index >= 15 is 0 Å². The predicted molar refractivity (Wildman–Crippen MR) is 67.8 cm³/mol. The lowest BCUT2D eigenvalue weighted by Gasteiger charge is -2.16. The van der Waals surface area contributed by atoms with E-state index in [1.54, 1.807) is 11.8 Å². The van der Waals surface area contributed by atoms with Crippen LogP contribution in [0.4, 0.5) is 14.5 Å². The zero-order valence-corrected chi connectivity index (χ0v) is 10.4. The van der Waals surface area contributed by atoms with Gasteiger partial charge < -0.3 is 4.90 Å². The lowest BCUT2D eigenvalue weighted by Crippen LogP contribution is -2.24. The second-order valence-electron chi connectivity index (χ2n) is 3.83. The molecule has 1 aromatic rings. The Kier molecular flexibility index (Phi) is 3.99. The van der Waals surface area contributed by atoms with Crippen molar-refractivity contribution in [2.24, 2.45) is 4.99 Å². The van der Waals surface area contributed by atoms with Crippen LogP contribution >= 0.6 is 11.8 Å². The second-order valence-corrected chi connectivity index (χ2v) is 4.89. The number of benzene rings is 1. The molecule has 0 bridgehead atoms. The van der Waals surface area contributed by atoms with Crippen molar-refractivity contribution in [3.05, 3.63) is 29.8 Å². The van der Waals surface area contributed by atoms with Gasteiger partial charge in [-0.3, -0.25) is 0 Å². The third-order valence-electron chi connectivity index (χ3n) is 2.48. The molecule has 0 aromatic heterocycles. The molecule has 1 fully saturated rings. The van der Waals surface area contributed by atoms with Crippen molar-refractivity contribution in [3.8, 4) is 0 Å². The van der Waals surface area contributed by atoms with Crippen LogP contribution in [0.3, 0.4) is 0 Å². The summed E-state index contributed by atoms with van der Waals surface area (Å²) in [6, 6.07) is 3.47. The first kappa shape index (κ1) is 12.4. The second kappa shape index (κ2) is 5.49. The molecule has 1 aliphatic rings. The van der Waals surface area contributed by atoms with E-state index in [2.05, 4.69) is 16.8 Å². The third-order valence-corrected chi connectivity index (χ3v) is 3.48. The molecular formula is C12H14F2N2S. The summed E-state index contributed by atoms with van der Waals surface area (Å²) in [5.74, 6) is -0.209. The molecule has 1 heterocycles. The molecule has 1 aliphatic heterocycles. The van der Waals surface area contributed by atoms with Gasteiger partial charge in [0, 0.05) is 24.9 Å². The van der Waals surface area contributed by atoms with Crippen LogP contribution in [0.1, 0.15) is 13.3 Å². The van der Waals surface area contributed by atoms with Crippen molar-refractivity contribution in [2.45, 2.75) is 13.3 Å². The fraction of sp³-hybridized carbons (Fsp3) is 0.417. The first-order valence-corrected chi connectivity index (χ1v) is 6.60. The minimum absolute atomic E-state index is 0.205. The number of aliphatic imine (C=N–C) groups is 1. The van der Waals surface area contributed by atoms with Crippen LogP contribution in [0.15, 0.2) is 23.2 Å². The summed E-state index contributed by atoms with van der Waals surface area (Å²) in [4.78, 5) is 6.40. The Bertz CT molecular complexity index is 435. The van der Waals surface area contributed by atoms with E-state index in [1.807, 2.05) is 0 Å². The third kappa shape index (κ3) is 2.97. The Labute approximate surface area is 104 Å². The van der Waals surface area contributed by atoms with Gasteiger partial charge in [-0.15, -0.1) is 0 Å². The molecule has 0 atom stereocenters. The predicted octanol–water partition coefficient (Wildman–Crippen LogP) is 3.41. The normalized spacial score (nSPS) is 18.1. The van der Waals surface area contributed by atoms with Gasteiger partial charge in [0.2, 0.25) is 0 Å². The van der Waals surface area contributed by atoms with E-state index in [9.17, 15) is 8.78 Å². The number of thioether (sulfide) groups is 1. The van der Waals surface area contributed by atoms with Gasteiger partial charge >= 0.3 is 0 Å². The van der Waals surface area contributed by atoms with Gasteiger partial charge in [0.15, 0.2) is 11.0 Å². The quantitative estimate of drug-likeness (QED) is 0.823. The Balaban J connectivity index is 2.22. The van der Waals surface area contributed by atoms with E-state index in [4.69, 9.17) is 0 Å². The topological polar surface area (TPSA) is 15.6 Å². The number of rotatable bonds is 3. The summed E-state index contributed by atoms with van der Waals surface area (Å²) in [6.45, 7) is 3.97. The Hall–Kier alpha value is -1.10. The van der Waals surface area contributed by atoms with E-state index in [0.717, 1.165) is 36.5 Å². The number of amidine groups is 1. The van der Waals surface area contributed by atoms with E-state index in [-0.39, 0.29) is 5.69 Å². The number of nitrogens with zero attached hydrogens (tertiary/aromatic N) is 2. The molecule has 0 spiro atoms. The molecule has 1 saturated heterocycles. The van der Waals surface area contributed by atoms with E-state index in [0.29, 0.717) is 0 Å². The van der Waals surface area contributed by atoms with Gasteiger partial charge in [0.05, 0.1) is 0 Å². The minimum Gasteiger partial charge on any atom is -0.350 e.